The summed E-state index contributed by atoms with van der Waals surface area (Å²) in [6, 6.07) is 18.6. The van der Waals surface area contributed by atoms with E-state index in [2.05, 4.69) is 53.5 Å². The molecule has 2 aliphatic rings. The van der Waals surface area contributed by atoms with Gasteiger partial charge in [-0.1, -0.05) is 36.4 Å². The van der Waals surface area contributed by atoms with Crippen LogP contribution in [0.15, 0.2) is 59.6 Å². The van der Waals surface area contributed by atoms with Crippen LogP contribution in [0.5, 0.6) is 0 Å². The van der Waals surface area contributed by atoms with Gasteiger partial charge in [0.25, 0.3) is 0 Å². The van der Waals surface area contributed by atoms with Crippen LogP contribution >= 0.6 is 0 Å². The molecule has 0 saturated carbocycles. The van der Waals surface area contributed by atoms with Gasteiger partial charge in [0.2, 0.25) is 5.96 Å². The van der Waals surface area contributed by atoms with Crippen LogP contribution in [-0.2, 0) is 13.1 Å². The first kappa shape index (κ1) is 13.4. The monoisotopic (exact) mass is 315 g/mol. The van der Waals surface area contributed by atoms with Gasteiger partial charge in [-0.2, -0.15) is 10.1 Å². The van der Waals surface area contributed by atoms with E-state index in [1.807, 2.05) is 22.9 Å². The maximum Gasteiger partial charge on any atom is 0.205 e. The van der Waals surface area contributed by atoms with E-state index >= 15 is 0 Å². The fourth-order valence-corrected chi connectivity index (χ4v) is 3.38. The number of guanidine groups is 1. The van der Waals surface area contributed by atoms with Crippen molar-refractivity contribution in [1.82, 2.24) is 14.7 Å². The molecule has 2 aromatic carbocycles. The maximum atomic E-state index is 4.90. The van der Waals surface area contributed by atoms with Crippen LogP contribution < -0.4 is 5.32 Å². The molecule has 0 unspecified atom stereocenters. The maximum absolute atomic E-state index is 4.90. The molecule has 24 heavy (non-hydrogen) atoms. The van der Waals surface area contributed by atoms with Crippen molar-refractivity contribution in [3.8, 4) is 5.69 Å². The third kappa shape index (κ3) is 1.94. The van der Waals surface area contributed by atoms with E-state index in [0.717, 1.165) is 41.9 Å². The van der Waals surface area contributed by atoms with Crippen LogP contribution in [0.1, 0.15) is 16.8 Å². The zero-order chi connectivity index (χ0) is 16.1. The zero-order valence-corrected chi connectivity index (χ0v) is 13.4. The molecule has 0 spiro atoms. The lowest BCUT2D eigenvalue weighted by molar-refractivity contribution is 0.393. The average Bonchev–Trinajstić information content (AvgIpc) is 2.95. The Morgan fingerprint density at radius 1 is 0.958 bits per heavy atom. The van der Waals surface area contributed by atoms with Crippen molar-refractivity contribution in [2.24, 2.45) is 4.99 Å². The number of anilines is 1. The van der Waals surface area contributed by atoms with Crippen molar-refractivity contribution in [1.29, 1.82) is 0 Å². The van der Waals surface area contributed by atoms with Crippen molar-refractivity contribution in [2.45, 2.75) is 20.0 Å². The predicted octanol–water partition coefficient (Wildman–Crippen LogP) is 3.61. The van der Waals surface area contributed by atoms with E-state index in [0.29, 0.717) is 0 Å². The Hall–Kier alpha value is -3.08. The molecular formula is C19H17N5. The molecule has 0 aliphatic carbocycles. The minimum Gasteiger partial charge on any atom is -0.333 e. The Balaban J connectivity index is 1.63. The summed E-state index contributed by atoms with van der Waals surface area (Å²) in [6.07, 6.45) is 0. The van der Waals surface area contributed by atoms with Crippen molar-refractivity contribution >= 4 is 17.5 Å². The second-order valence-corrected chi connectivity index (χ2v) is 6.21. The Bertz CT molecular complexity index is 955. The Kier molecular flexibility index (Phi) is 2.76. The molecule has 1 N–H and O–H groups in total. The van der Waals surface area contributed by atoms with Gasteiger partial charge < -0.3 is 10.2 Å². The van der Waals surface area contributed by atoms with Gasteiger partial charge in [0, 0.05) is 17.8 Å². The number of aliphatic imine (C=N–C) groups is 1. The number of aromatic nitrogens is 2. The first-order valence-corrected chi connectivity index (χ1v) is 8.12. The summed E-state index contributed by atoms with van der Waals surface area (Å²) in [5, 5.41) is 8.19. The van der Waals surface area contributed by atoms with Crippen LogP contribution in [0.25, 0.3) is 5.69 Å². The van der Waals surface area contributed by atoms with Crippen LogP contribution in [0.4, 0.5) is 11.5 Å². The molecule has 0 fully saturated rings. The van der Waals surface area contributed by atoms with Gasteiger partial charge in [-0.25, -0.2) is 4.68 Å². The molecular weight excluding hydrogens is 298 g/mol. The normalized spacial score (nSPS) is 15.0. The van der Waals surface area contributed by atoms with Crippen molar-refractivity contribution < 1.29 is 0 Å². The summed E-state index contributed by atoms with van der Waals surface area (Å²) >= 11 is 0. The number of rotatable bonds is 1. The molecule has 0 bridgehead atoms. The van der Waals surface area contributed by atoms with Gasteiger partial charge in [0.05, 0.1) is 17.9 Å². The van der Waals surface area contributed by atoms with E-state index in [1.165, 1.54) is 11.1 Å². The van der Waals surface area contributed by atoms with Crippen molar-refractivity contribution in [3.05, 3.63) is 71.4 Å². The predicted molar refractivity (Wildman–Crippen MR) is 94.7 cm³/mol. The fourth-order valence-electron chi connectivity index (χ4n) is 3.38. The first-order chi connectivity index (χ1) is 11.8. The van der Waals surface area contributed by atoms with Gasteiger partial charge in [0.15, 0.2) is 5.82 Å². The molecule has 5 rings (SSSR count). The van der Waals surface area contributed by atoms with E-state index < -0.39 is 0 Å². The largest absolute Gasteiger partial charge is 0.333 e. The van der Waals surface area contributed by atoms with Gasteiger partial charge >= 0.3 is 0 Å². The lowest BCUT2D eigenvalue weighted by atomic mass is 10.1. The molecule has 0 atom stereocenters. The second-order valence-electron chi connectivity index (χ2n) is 6.21. The lowest BCUT2D eigenvalue weighted by Gasteiger charge is -2.34. The number of para-hydroxylation sites is 2. The molecule has 1 aromatic heterocycles. The molecule has 0 radical (unpaired) electrons. The summed E-state index contributed by atoms with van der Waals surface area (Å²) in [7, 11) is 0. The zero-order valence-electron chi connectivity index (χ0n) is 13.4. The molecule has 0 saturated heterocycles. The Labute approximate surface area is 140 Å². The molecule has 118 valence electrons. The highest BCUT2D eigenvalue weighted by molar-refractivity contribution is 5.98. The number of hydrogen-bond donors (Lipinski definition) is 1. The summed E-state index contributed by atoms with van der Waals surface area (Å²) in [4.78, 5) is 7.17. The molecule has 5 nitrogen and oxygen atoms in total. The Morgan fingerprint density at radius 2 is 1.75 bits per heavy atom. The number of benzene rings is 2. The summed E-state index contributed by atoms with van der Waals surface area (Å²) in [5.41, 5.74) is 5.71. The van der Waals surface area contributed by atoms with Crippen LogP contribution in [0, 0.1) is 6.92 Å². The summed E-state index contributed by atoms with van der Waals surface area (Å²) in [6.45, 7) is 3.76. The second kappa shape index (κ2) is 4.96. The highest BCUT2D eigenvalue weighted by atomic mass is 15.4. The van der Waals surface area contributed by atoms with E-state index in [9.17, 15) is 0 Å². The fraction of sp³-hybridized carbons (Fsp3) is 0.158. The van der Waals surface area contributed by atoms with E-state index in [-0.39, 0.29) is 0 Å². The molecule has 0 amide bonds. The lowest BCUT2D eigenvalue weighted by Crippen LogP contribution is -2.41. The third-order valence-electron chi connectivity index (χ3n) is 4.64. The standard InChI is InChI=1S/C19H17N5/c1-13-16-12-23-11-14-7-5-6-10-17(14)20-19(23)21-18(16)24(22-13)15-8-3-2-4-9-15/h2-10H,11-12H2,1H3,(H,20,21). The van der Waals surface area contributed by atoms with Gasteiger partial charge in [-0.3, -0.25) is 0 Å². The number of hydrogen-bond acceptors (Lipinski definition) is 4. The minimum absolute atomic E-state index is 0.828. The van der Waals surface area contributed by atoms with Gasteiger partial charge in [0.1, 0.15) is 0 Å². The molecule has 2 aliphatic heterocycles. The summed E-state index contributed by atoms with van der Waals surface area (Å²) in [5.74, 6) is 1.83. The third-order valence-corrected chi connectivity index (χ3v) is 4.64. The van der Waals surface area contributed by atoms with Gasteiger partial charge in [-0.15, -0.1) is 0 Å². The van der Waals surface area contributed by atoms with Crippen molar-refractivity contribution in [2.75, 3.05) is 5.32 Å². The number of aryl methyl sites for hydroxylation is 1. The minimum atomic E-state index is 0.828. The van der Waals surface area contributed by atoms with E-state index in [4.69, 9.17) is 10.1 Å². The quantitative estimate of drug-likeness (QED) is 0.746. The van der Waals surface area contributed by atoms with Crippen LogP contribution in [0.2, 0.25) is 0 Å². The highest BCUT2D eigenvalue weighted by Crippen LogP contribution is 2.34. The van der Waals surface area contributed by atoms with Crippen LogP contribution in [0.3, 0.4) is 0 Å². The van der Waals surface area contributed by atoms with Crippen LogP contribution in [-0.4, -0.2) is 20.6 Å². The first-order valence-electron chi connectivity index (χ1n) is 8.12. The molecule has 3 aromatic rings. The summed E-state index contributed by atoms with van der Waals surface area (Å²) < 4.78 is 1.94. The Morgan fingerprint density at radius 3 is 2.62 bits per heavy atom. The molecule has 5 heteroatoms. The molecule has 3 heterocycles. The number of nitrogens with zero attached hydrogens (tertiary/aromatic N) is 4. The topological polar surface area (TPSA) is 45.5 Å². The van der Waals surface area contributed by atoms with E-state index in [1.54, 1.807) is 0 Å². The van der Waals surface area contributed by atoms with Gasteiger partial charge in [-0.05, 0) is 30.7 Å². The number of nitrogens with one attached hydrogen (secondary N) is 1. The average molecular weight is 315 g/mol. The SMILES string of the molecule is Cc1nn(-c2ccccc2)c2c1CN1Cc3ccccc3NC1=N2. The number of fused-ring (bicyclic) bond motifs is 3. The highest BCUT2D eigenvalue weighted by Gasteiger charge is 2.29. The van der Waals surface area contributed by atoms with Crippen molar-refractivity contribution in [3.63, 3.8) is 0 Å². The smallest absolute Gasteiger partial charge is 0.205 e.